The van der Waals surface area contributed by atoms with Crippen molar-refractivity contribution < 1.29 is 4.79 Å². The van der Waals surface area contributed by atoms with Crippen molar-refractivity contribution in [2.75, 3.05) is 5.32 Å². The van der Waals surface area contributed by atoms with E-state index in [1.165, 1.54) is 0 Å². The first-order chi connectivity index (χ1) is 12.3. The number of amides is 1. The molecule has 2 aromatic carbocycles. The predicted octanol–water partition coefficient (Wildman–Crippen LogP) is 3.85. The van der Waals surface area contributed by atoms with Crippen LogP contribution in [-0.4, -0.2) is 20.9 Å². The lowest BCUT2D eigenvalue weighted by atomic mass is 10.0. The molecule has 0 saturated carbocycles. The SMILES string of the molecule is O=C(Nc1nc2ccccc2[nH]1)c1c2c(nc3ccccc13)CCC2. The normalized spacial score (nSPS) is 13.3. The van der Waals surface area contributed by atoms with Gasteiger partial charge in [0.15, 0.2) is 0 Å². The highest BCUT2D eigenvalue weighted by atomic mass is 16.1. The molecule has 2 heterocycles. The van der Waals surface area contributed by atoms with Crippen molar-refractivity contribution in [1.29, 1.82) is 0 Å². The molecule has 2 aromatic heterocycles. The molecule has 5 nitrogen and oxygen atoms in total. The molecule has 4 aromatic rings. The average Bonchev–Trinajstić information content (AvgIpc) is 3.24. The summed E-state index contributed by atoms with van der Waals surface area (Å²) in [6.07, 6.45) is 2.88. The molecule has 25 heavy (non-hydrogen) atoms. The predicted molar refractivity (Wildman–Crippen MR) is 97.8 cm³/mol. The lowest BCUT2D eigenvalue weighted by Gasteiger charge is -2.11. The highest BCUT2D eigenvalue weighted by Crippen LogP contribution is 2.30. The molecule has 0 radical (unpaired) electrons. The number of imidazole rings is 1. The van der Waals surface area contributed by atoms with Crippen molar-refractivity contribution in [2.45, 2.75) is 19.3 Å². The van der Waals surface area contributed by atoms with Gasteiger partial charge in [0.1, 0.15) is 0 Å². The van der Waals surface area contributed by atoms with E-state index in [9.17, 15) is 4.79 Å². The maximum atomic E-state index is 13.1. The number of aromatic amines is 1. The van der Waals surface area contributed by atoms with E-state index in [1.807, 2.05) is 48.5 Å². The minimum absolute atomic E-state index is 0.129. The summed E-state index contributed by atoms with van der Waals surface area (Å²) in [5.74, 6) is 0.342. The van der Waals surface area contributed by atoms with Gasteiger partial charge in [-0.3, -0.25) is 15.1 Å². The van der Waals surface area contributed by atoms with Gasteiger partial charge in [-0.15, -0.1) is 0 Å². The minimum Gasteiger partial charge on any atom is -0.324 e. The lowest BCUT2D eigenvalue weighted by molar-refractivity contribution is 0.102. The first-order valence-corrected chi connectivity index (χ1v) is 8.46. The van der Waals surface area contributed by atoms with Crippen molar-refractivity contribution in [3.63, 3.8) is 0 Å². The minimum atomic E-state index is -0.129. The number of H-pyrrole nitrogens is 1. The monoisotopic (exact) mass is 328 g/mol. The molecule has 0 saturated heterocycles. The highest BCUT2D eigenvalue weighted by Gasteiger charge is 2.24. The van der Waals surface area contributed by atoms with Crippen molar-refractivity contribution in [3.8, 4) is 0 Å². The third kappa shape index (κ3) is 2.28. The second kappa shape index (κ2) is 5.41. The van der Waals surface area contributed by atoms with Crippen LogP contribution in [0.15, 0.2) is 48.5 Å². The van der Waals surface area contributed by atoms with Crippen LogP contribution < -0.4 is 5.32 Å². The molecule has 1 aliphatic carbocycles. The molecule has 0 unspecified atom stereocenters. The van der Waals surface area contributed by atoms with E-state index in [0.29, 0.717) is 5.95 Å². The molecule has 122 valence electrons. The topological polar surface area (TPSA) is 70.7 Å². The Balaban J connectivity index is 1.61. The summed E-state index contributed by atoms with van der Waals surface area (Å²) in [6.45, 7) is 0. The number of nitrogens with one attached hydrogen (secondary N) is 2. The number of carbonyl (C=O) groups excluding carboxylic acids is 1. The lowest BCUT2D eigenvalue weighted by Crippen LogP contribution is -2.16. The zero-order chi connectivity index (χ0) is 16.8. The maximum absolute atomic E-state index is 13.1. The summed E-state index contributed by atoms with van der Waals surface area (Å²) >= 11 is 0. The van der Waals surface area contributed by atoms with Crippen molar-refractivity contribution in [1.82, 2.24) is 15.0 Å². The molecular weight excluding hydrogens is 312 g/mol. The zero-order valence-electron chi connectivity index (χ0n) is 13.5. The average molecular weight is 328 g/mol. The van der Waals surface area contributed by atoms with Gasteiger partial charge in [0, 0.05) is 11.1 Å². The third-order valence-corrected chi connectivity index (χ3v) is 4.77. The number of aryl methyl sites for hydroxylation is 1. The van der Waals surface area contributed by atoms with Gasteiger partial charge in [0.2, 0.25) is 5.95 Å². The fourth-order valence-corrected chi connectivity index (χ4v) is 3.65. The van der Waals surface area contributed by atoms with E-state index in [2.05, 4.69) is 15.3 Å². The van der Waals surface area contributed by atoms with Crippen molar-refractivity contribution in [3.05, 3.63) is 65.4 Å². The Morgan fingerprint density at radius 1 is 0.960 bits per heavy atom. The van der Waals surface area contributed by atoms with E-state index in [-0.39, 0.29) is 5.91 Å². The largest absolute Gasteiger partial charge is 0.324 e. The number of aromatic nitrogens is 3. The molecule has 1 amide bonds. The van der Waals surface area contributed by atoms with E-state index >= 15 is 0 Å². The standard InChI is InChI=1S/C20H16N4O/c25-19(24-20-22-16-9-3-4-10-17(16)23-20)18-12-6-1-2-8-14(12)21-15-11-5-7-13(15)18/h1-4,6,8-10H,5,7,11H2,(H2,22,23,24,25). The van der Waals surface area contributed by atoms with Gasteiger partial charge in [-0.2, -0.15) is 0 Å². The number of hydrogen-bond donors (Lipinski definition) is 2. The van der Waals surface area contributed by atoms with Gasteiger partial charge in [-0.05, 0) is 43.0 Å². The summed E-state index contributed by atoms with van der Waals surface area (Å²) in [7, 11) is 0. The van der Waals surface area contributed by atoms with Crippen molar-refractivity contribution in [2.24, 2.45) is 0 Å². The number of carbonyl (C=O) groups is 1. The number of anilines is 1. The Morgan fingerprint density at radius 3 is 2.64 bits per heavy atom. The van der Waals surface area contributed by atoms with Crippen LogP contribution in [0, 0.1) is 0 Å². The molecule has 5 rings (SSSR count). The number of benzene rings is 2. The fourth-order valence-electron chi connectivity index (χ4n) is 3.65. The van der Waals surface area contributed by atoms with E-state index in [4.69, 9.17) is 4.98 Å². The van der Waals surface area contributed by atoms with Gasteiger partial charge in [0.05, 0.1) is 22.1 Å². The Hall–Kier alpha value is -3.21. The summed E-state index contributed by atoms with van der Waals surface area (Å²) in [4.78, 5) is 25.4. The van der Waals surface area contributed by atoms with Crippen LogP contribution in [-0.2, 0) is 12.8 Å². The number of para-hydroxylation sites is 3. The highest BCUT2D eigenvalue weighted by molar-refractivity contribution is 6.13. The van der Waals surface area contributed by atoms with Gasteiger partial charge in [-0.25, -0.2) is 4.98 Å². The van der Waals surface area contributed by atoms with Crippen LogP contribution in [0.3, 0.4) is 0 Å². The molecule has 0 spiro atoms. The second-order valence-corrected chi connectivity index (χ2v) is 6.34. The molecule has 0 bridgehead atoms. The summed E-state index contributed by atoms with van der Waals surface area (Å²) in [5, 5.41) is 3.84. The second-order valence-electron chi connectivity index (χ2n) is 6.34. The number of pyridine rings is 1. The fraction of sp³-hybridized carbons (Fsp3) is 0.150. The van der Waals surface area contributed by atoms with Gasteiger partial charge in [0.25, 0.3) is 5.91 Å². The van der Waals surface area contributed by atoms with Gasteiger partial charge < -0.3 is 4.98 Å². The van der Waals surface area contributed by atoms with Crippen LogP contribution in [0.4, 0.5) is 5.95 Å². The maximum Gasteiger partial charge on any atom is 0.259 e. The molecule has 2 N–H and O–H groups in total. The molecule has 0 atom stereocenters. The van der Waals surface area contributed by atoms with Gasteiger partial charge >= 0.3 is 0 Å². The molecule has 5 heteroatoms. The van der Waals surface area contributed by atoms with E-state index in [0.717, 1.165) is 58.0 Å². The summed E-state index contributed by atoms with van der Waals surface area (Å²) in [6, 6.07) is 15.6. The van der Waals surface area contributed by atoms with E-state index < -0.39 is 0 Å². The van der Waals surface area contributed by atoms with Crippen molar-refractivity contribution >= 4 is 33.8 Å². The molecule has 0 aliphatic heterocycles. The molecule has 0 fully saturated rings. The third-order valence-electron chi connectivity index (χ3n) is 4.77. The quantitative estimate of drug-likeness (QED) is 0.587. The summed E-state index contributed by atoms with van der Waals surface area (Å²) in [5.41, 5.74) is 5.47. The van der Waals surface area contributed by atoms with Crippen LogP contribution in [0.25, 0.3) is 21.9 Å². The first-order valence-electron chi connectivity index (χ1n) is 8.46. The number of hydrogen-bond acceptors (Lipinski definition) is 3. The number of fused-ring (bicyclic) bond motifs is 3. The summed E-state index contributed by atoms with van der Waals surface area (Å²) < 4.78 is 0. The molecule has 1 aliphatic rings. The number of rotatable bonds is 2. The first kappa shape index (κ1) is 14.2. The van der Waals surface area contributed by atoms with Gasteiger partial charge in [-0.1, -0.05) is 30.3 Å². The Morgan fingerprint density at radius 2 is 1.76 bits per heavy atom. The number of nitrogens with zero attached hydrogens (tertiary/aromatic N) is 2. The Kier molecular flexibility index (Phi) is 3.06. The smallest absolute Gasteiger partial charge is 0.259 e. The van der Waals surface area contributed by atoms with Crippen LogP contribution in [0.1, 0.15) is 28.0 Å². The zero-order valence-corrected chi connectivity index (χ0v) is 13.5. The van der Waals surface area contributed by atoms with Crippen LogP contribution in [0.5, 0.6) is 0 Å². The Labute approximate surface area is 144 Å². The van der Waals surface area contributed by atoms with Crippen LogP contribution in [0.2, 0.25) is 0 Å². The Bertz CT molecular complexity index is 1100. The van der Waals surface area contributed by atoms with Crippen LogP contribution >= 0.6 is 0 Å². The van der Waals surface area contributed by atoms with E-state index in [1.54, 1.807) is 0 Å². The molecular formula is C20H16N4O.